The Morgan fingerprint density at radius 2 is 0.974 bits per heavy atom. The minimum Gasteiger partial charge on any atom is -0.444 e. The summed E-state index contributed by atoms with van der Waals surface area (Å²) in [5.74, 6) is 0.826. The fourth-order valence-electron chi connectivity index (χ4n) is 5.13. The average Bonchev–Trinajstić information content (AvgIpc) is 2.76. The molecule has 0 aromatic rings. The monoisotopic (exact) mass is 540 g/mol. The fraction of sp³-hybridized carbons (Fsp3) is 0.931. The molecule has 1 N–H and O–H groups in total. The van der Waals surface area contributed by atoms with Crippen molar-refractivity contribution >= 4 is 12.2 Å². The van der Waals surface area contributed by atoms with Gasteiger partial charge in [-0.2, -0.15) is 0 Å². The maximum atomic E-state index is 11.9. The number of carbonyl (C=O) groups is 2. The zero-order valence-electron chi connectivity index (χ0n) is 24.7. The van der Waals surface area contributed by atoms with Crippen LogP contribution in [0.2, 0.25) is 0 Å². The van der Waals surface area contributed by atoms with Crippen LogP contribution in [0.1, 0.15) is 99.8 Å². The SMILES string of the molecule is CC(C)(C)OC(=O)N1CCC(OC2CC(O)C2)CC1.CC1CC(OC2CCN(C(=O)OC(C)(C)C)CC2)C1. The molecule has 0 spiro atoms. The van der Waals surface area contributed by atoms with Crippen LogP contribution in [-0.2, 0) is 18.9 Å². The molecule has 0 aromatic carbocycles. The quantitative estimate of drug-likeness (QED) is 0.528. The maximum Gasteiger partial charge on any atom is 0.410 e. The number of carbonyl (C=O) groups excluding carboxylic acids is 2. The van der Waals surface area contributed by atoms with Crippen LogP contribution < -0.4 is 0 Å². The van der Waals surface area contributed by atoms with Crippen LogP contribution >= 0.6 is 0 Å². The van der Waals surface area contributed by atoms with Crippen LogP contribution in [-0.4, -0.2) is 95.0 Å². The number of nitrogens with zero attached hydrogens (tertiary/aromatic N) is 2. The van der Waals surface area contributed by atoms with E-state index in [1.54, 1.807) is 9.80 Å². The van der Waals surface area contributed by atoms with Crippen LogP contribution in [0.3, 0.4) is 0 Å². The van der Waals surface area contributed by atoms with Gasteiger partial charge in [-0.05, 0) is 98.8 Å². The predicted molar refractivity (Wildman–Crippen MR) is 145 cm³/mol. The first-order chi connectivity index (χ1) is 17.7. The van der Waals surface area contributed by atoms with Crippen LogP contribution in [0.5, 0.6) is 0 Å². The third-order valence-corrected chi connectivity index (χ3v) is 7.36. The molecule has 0 aromatic heterocycles. The molecule has 38 heavy (non-hydrogen) atoms. The Labute approximate surface area is 229 Å². The summed E-state index contributed by atoms with van der Waals surface area (Å²) in [6.45, 7) is 16.5. The van der Waals surface area contributed by atoms with Crippen molar-refractivity contribution in [2.24, 2.45) is 5.92 Å². The molecule has 2 aliphatic carbocycles. The highest BCUT2D eigenvalue weighted by Crippen LogP contribution is 2.32. The first kappa shape index (κ1) is 31.0. The summed E-state index contributed by atoms with van der Waals surface area (Å²) >= 11 is 0. The van der Waals surface area contributed by atoms with Gasteiger partial charge in [0, 0.05) is 26.2 Å². The van der Waals surface area contributed by atoms with E-state index in [1.165, 1.54) is 12.8 Å². The second-order valence-electron chi connectivity index (χ2n) is 13.6. The van der Waals surface area contributed by atoms with E-state index >= 15 is 0 Å². The van der Waals surface area contributed by atoms with Crippen molar-refractivity contribution in [2.75, 3.05) is 26.2 Å². The topological polar surface area (TPSA) is 97.8 Å². The highest BCUT2D eigenvalue weighted by Gasteiger charge is 2.34. The van der Waals surface area contributed by atoms with Gasteiger partial charge in [-0.15, -0.1) is 0 Å². The number of rotatable bonds is 4. The summed E-state index contributed by atoms with van der Waals surface area (Å²) in [4.78, 5) is 27.3. The second kappa shape index (κ2) is 13.2. The zero-order chi connectivity index (χ0) is 28.1. The lowest BCUT2D eigenvalue weighted by Crippen LogP contribution is -2.45. The number of amides is 2. The summed E-state index contributed by atoms with van der Waals surface area (Å²) in [5.41, 5.74) is -0.848. The second-order valence-corrected chi connectivity index (χ2v) is 13.6. The van der Waals surface area contributed by atoms with Gasteiger partial charge in [-0.1, -0.05) is 6.92 Å². The minimum absolute atomic E-state index is 0.174. The van der Waals surface area contributed by atoms with Crippen LogP contribution in [0, 0.1) is 5.92 Å². The Morgan fingerprint density at radius 3 is 1.26 bits per heavy atom. The summed E-state index contributed by atoms with van der Waals surface area (Å²) in [5, 5.41) is 9.22. The van der Waals surface area contributed by atoms with E-state index in [-0.39, 0.29) is 30.5 Å². The lowest BCUT2D eigenvalue weighted by molar-refractivity contribution is -0.116. The molecule has 220 valence electrons. The molecule has 0 radical (unpaired) electrons. The largest absolute Gasteiger partial charge is 0.444 e. The van der Waals surface area contributed by atoms with Crippen molar-refractivity contribution in [3.05, 3.63) is 0 Å². The molecule has 4 fully saturated rings. The first-order valence-corrected chi connectivity index (χ1v) is 14.6. The Hall–Kier alpha value is -1.58. The molecule has 0 atom stereocenters. The van der Waals surface area contributed by atoms with Crippen molar-refractivity contribution in [3.8, 4) is 0 Å². The molecule has 0 bridgehead atoms. The lowest BCUT2D eigenvalue weighted by atomic mass is 9.84. The van der Waals surface area contributed by atoms with Crippen molar-refractivity contribution in [1.29, 1.82) is 0 Å². The lowest BCUT2D eigenvalue weighted by Gasteiger charge is -2.39. The molecular formula is C29H52N2O7. The average molecular weight is 541 g/mol. The van der Waals surface area contributed by atoms with Gasteiger partial charge in [0.1, 0.15) is 11.2 Å². The number of hydrogen-bond acceptors (Lipinski definition) is 7. The summed E-state index contributed by atoms with van der Waals surface area (Å²) in [6, 6.07) is 0. The molecule has 2 heterocycles. The van der Waals surface area contributed by atoms with E-state index < -0.39 is 11.2 Å². The Morgan fingerprint density at radius 1 is 0.632 bits per heavy atom. The van der Waals surface area contributed by atoms with Gasteiger partial charge in [0.15, 0.2) is 0 Å². The normalized spacial score (nSPS) is 28.9. The fourth-order valence-corrected chi connectivity index (χ4v) is 5.13. The van der Waals surface area contributed by atoms with Gasteiger partial charge in [0.2, 0.25) is 0 Å². The molecule has 0 unspecified atom stereocenters. The third-order valence-electron chi connectivity index (χ3n) is 7.36. The van der Waals surface area contributed by atoms with Gasteiger partial charge < -0.3 is 33.9 Å². The Balaban J connectivity index is 0.000000211. The number of hydrogen-bond donors (Lipinski definition) is 1. The number of aliphatic hydroxyl groups is 1. The Kier molecular flexibility index (Phi) is 10.7. The first-order valence-electron chi connectivity index (χ1n) is 14.6. The molecular weight excluding hydrogens is 488 g/mol. The summed E-state index contributed by atoms with van der Waals surface area (Å²) in [6.07, 6.45) is 8.12. The Bertz CT molecular complexity index is 686. The smallest absolute Gasteiger partial charge is 0.410 e. The summed E-state index contributed by atoms with van der Waals surface area (Å²) in [7, 11) is 0. The summed E-state index contributed by atoms with van der Waals surface area (Å²) < 4.78 is 22.7. The third kappa shape index (κ3) is 10.5. The molecule has 2 amide bonds. The van der Waals surface area contributed by atoms with Gasteiger partial charge in [-0.25, -0.2) is 9.59 Å². The van der Waals surface area contributed by atoms with Gasteiger partial charge in [-0.3, -0.25) is 0 Å². The van der Waals surface area contributed by atoms with Crippen molar-refractivity contribution in [2.45, 2.75) is 142 Å². The van der Waals surface area contributed by atoms with Crippen molar-refractivity contribution < 1.29 is 33.6 Å². The highest BCUT2D eigenvalue weighted by molar-refractivity contribution is 5.68. The minimum atomic E-state index is -0.438. The van der Waals surface area contributed by atoms with E-state index in [2.05, 4.69) is 6.92 Å². The van der Waals surface area contributed by atoms with E-state index in [1.807, 2.05) is 41.5 Å². The molecule has 2 saturated heterocycles. The van der Waals surface area contributed by atoms with Crippen LogP contribution in [0.25, 0.3) is 0 Å². The molecule has 4 aliphatic rings. The standard InChI is InChI=1S/C15H27NO3.C14H25NO4/c1-11-9-13(10-11)18-12-5-7-16(8-6-12)14(17)19-15(2,3)4;1-14(2,3)19-13(17)15-6-4-11(5-7-15)18-12-8-10(16)9-12/h11-13H,5-10H2,1-4H3;10-12,16H,4-9H2,1-3H3. The van der Waals surface area contributed by atoms with Gasteiger partial charge in [0.05, 0.1) is 30.5 Å². The molecule has 9 nitrogen and oxygen atoms in total. The number of ether oxygens (including phenoxy) is 4. The van der Waals surface area contributed by atoms with E-state index in [0.717, 1.165) is 57.5 Å². The maximum absolute atomic E-state index is 11.9. The number of likely N-dealkylation sites (tertiary alicyclic amines) is 2. The molecule has 2 aliphatic heterocycles. The van der Waals surface area contributed by atoms with Crippen molar-refractivity contribution in [1.82, 2.24) is 9.80 Å². The highest BCUT2D eigenvalue weighted by atomic mass is 16.6. The van der Waals surface area contributed by atoms with Crippen LogP contribution in [0.15, 0.2) is 0 Å². The zero-order valence-corrected chi connectivity index (χ0v) is 24.7. The predicted octanol–water partition coefficient (Wildman–Crippen LogP) is 5.13. The number of piperidine rings is 2. The van der Waals surface area contributed by atoms with Gasteiger partial charge >= 0.3 is 12.2 Å². The van der Waals surface area contributed by atoms with E-state index in [9.17, 15) is 14.7 Å². The van der Waals surface area contributed by atoms with E-state index in [4.69, 9.17) is 18.9 Å². The molecule has 2 saturated carbocycles. The van der Waals surface area contributed by atoms with Crippen molar-refractivity contribution in [3.63, 3.8) is 0 Å². The van der Waals surface area contributed by atoms with E-state index in [0.29, 0.717) is 25.3 Å². The van der Waals surface area contributed by atoms with Crippen LogP contribution in [0.4, 0.5) is 9.59 Å². The number of aliphatic hydroxyl groups excluding tert-OH is 1. The van der Waals surface area contributed by atoms with Gasteiger partial charge in [0.25, 0.3) is 0 Å². The molecule has 4 rings (SSSR count). The molecule has 9 heteroatoms.